The van der Waals surface area contributed by atoms with Crippen LogP contribution in [0.5, 0.6) is 0 Å². The molecular formula is C11H17N5O5S. The number of hydroxylamine groups is 2. The number of carbonyl (C=O) groups is 1. The molecule has 3 heterocycles. The van der Waals surface area contributed by atoms with Crippen LogP contribution >= 0.6 is 0 Å². The van der Waals surface area contributed by atoms with Crippen LogP contribution in [0.2, 0.25) is 0 Å². The first-order chi connectivity index (χ1) is 10.4. The third kappa shape index (κ3) is 2.91. The van der Waals surface area contributed by atoms with Crippen molar-refractivity contribution < 1.29 is 22.0 Å². The Morgan fingerprint density at radius 1 is 1.45 bits per heavy atom. The number of hydrogen-bond donors (Lipinski definition) is 1. The summed E-state index contributed by atoms with van der Waals surface area (Å²) in [6.45, 7) is 2.84. The molecule has 3 rings (SSSR count). The smallest absolute Gasteiger partial charge is 0.316 e. The summed E-state index contributed by atoms with van der Waals surface area (Å²) < 4.78 is 36.5. The van der Waals surface area contributed by atoms with Gasteiger partial charge in [-0.2, -0.15) is 13.5 Å². The van der Waals surface area contributed by atoms with Crippen molar-refractivity contribution in [2.24, 2.45) is 0 Å². The summed E-state index contributed by atoms with van der Waals surface area (Å²) in [5.41, 5.74) is 0.873. The lowest BCUT2D eigenvalue weighted by molar-refractivity contribution is -0.0317. The zero-order chi connectivity index (χ0) is 15.9. The second-order valence-corrected chi connectivity index (χ2v) is 6.44. The van der Waals surface area contributed by atoms with Gasteiger partial charge < -0.3 is 4.90 Å². The van der Waals surface area contributed by atoms with E-state index in [-0.39, 0.29) is 12.1 Å². The van der Waals surface area contributed by atoms with Crippen LogP contribution in [0.15, 0.2) is 6.20 Å². The molecule has 0 spiro atoms. The maximum absolute atomic E-state index is 12.2. The Morgan fingerprint density at radius 3 is 2.86 bits per heavy atom. The number of aromatic nitrogens is 3. The second-order valence-electron chi connectivity index (χ2n) is 5.43. The minimum atomic E-state index is -4.70. The Balaban J connectivity index is 1.71. The Bertz CT molecular complexity index is 674. The summed E-state index contributed by atoms with van der Waals surface area (Å²) in [6.07, 6.45) is 3.91. The lowest BCUT2D eigenvalue weighted by atomic mass is 10.0. The van der Waals surface area contributed by atoms with Crippen LogP contribution in [0.4, 0.5) is 4.79 Å². The van der Waals surface area contributed by atoms with E-state index in [0.717, 1.165) is 17.2 Å². The molecule has 2 aliphatic rings. The average molecular weight is 331 g/mol. The summed E-state index contributed by atoms with van der Waals surface area (Å²) in [7, 11) is -4.70. The third-order valence-electron chi connectivity index (χ3n) is 3.97. The van der Waals surface area contributed by atoms with E-state index in [2.05, 4.69) is 14.6 Å². The molecule has 22 heavy (non-hydrogen) atoms. The lowest BCUT2D eigenvalue weighted by Crippen LogP contribution is -2.42. The predicted molar refractivity (Wildman–Crippen MR) is 72.8 cm³/mol. The van der Waals surface area contributed by atoms with Crippen LogP contribution in [0.1, 0.15) is 25.5 Å². The van der Waals surface area contributed by atoms with Gasteiger partial charge in [0.25, 0.3) is 0 Å². The highest BCUT2D eigenvalue weighted by Crippen LogP contribution is 2.31. The minimum Gasteiger partial charge on any atom is -0.316 e. The van der Waals surface area contributed by atoms with Crippen molar-refractivity contribution in [2.45, 2.75) is 44.8 Å². The van der Waals surface area contributed by atoms with Crippen molar-refractivity contribution >= 4 is 16.4 Å². The molecule has 2 fully saturated rings. The van der Waals surface area contributed by atoms with Gasteiger partial charge in [0.05, 0.1) is 24.3 Å². The molecule has 2 amide bonds. The number of nitrogens with zero attached hydrogens (tertiary/aromatic N) is 5. The molecular weight excluding hydrogens is 314 g/mol. The van der Waals surface area contributed by atoms with Crippen molar-refractivity contribution in [1.29, 1.82) is 0 Å². The zero-order valence-corrected chi connectivity index (χ0v) is 12.8. The first-order valence-electron chi connectivity index (χ1n) is 7.03. The fraction of sp³-hybridized carbons (Fsp3) is 0.727. The van der Waals surface area contributed by atoms with E-state index in [0.29, 0.717) is 25.9 Å². The van der Waals surface area contributed by atoms with E-state index >= 15 is 0 Å². The molecule has 0 aliphatic carbocycles. The molecule has 2 bridgehead atoms. The van der Waals surface area contributed by atoms with Crippen molar-refractivity contribution in [1.82, 2.24) is 25.0 Å². The number of hydrogen-bond acceptors (Lipinski definition) is 6. The van der Waals surface area contributed by atoms with Crippen molar-refractivity contribution in [3.05, 3.63) is 11.9 Å². The Kier molecular flexibility index (Phi) is 3.78. The van der Waals surface area contributed by atoms with Crippen LogP contribution in [-0.2, 0) is 27.6 Å². The van der Waals surface area contributed by atoms with Crippen LogP contribution in [0.3, 0.4) is 0 Å². The number of piperidine rings is 1. The maximum Gasteiger partial charge on any atom is 0.418 e. The first-order valence-corrected chi connectivity index (χ1v) is 8.39. The SMILES string of the molecule is CCc1cn(C[C@@H]2CC[C@@H]3CN2C(=O)N3OS(=O)(=O)O)nn1. The number of urea groups is 1. The number of carbonyl (C=O) groups excluding carboxylic acids is 1. The van der Waals surface area contributed by atoms with Crippen LogP contribution in [0, 0.1) is 0 Å². The van der Waals surface area contributed by atoms with Gasteiger partial charge >= 0.3 is 16.4 Å². The molecule has 2 saturated heterocycles. The molecule has 0 radical (unpaired) electrons. The Morgan fingerprint density at radius 2 is 2.23 bits per heavy atom. The largest absolute Gasteiger partial charge is 0.418 e. The molecule has 0 aromatic carbocycles. The molecule has 2 atom stereocenters. The van der Waals surface area contributed by atoms with Gasteiger partial charge in [0.1, 0.15) is 0 Å². The summed E-state index contributed by atoms with van der Waals surface area (Å²) >= 11 is 0. The molecule has 10 nitrogen and oxygen atoms in total. The van der Waals surface area contributed by atoms with Crippen molar-refractivity contribution in [3.63, 3.8) is 0 Å². The van der Waals surface area contributed by atoms with Gasteiger partial charge in [0.15, 0.2) is 0 Å². The van der Waals surface area contributed by atoms with E-state index in [9.17, 15) is 13.2 Å². The summed E-state index contributed by atoms with van der Waals surface area (Å²) in [5, 5.41) is 8.77. The van der Waals surface area contributed by atoms with E-state index in [1.807, 2.05) is 13.1 Å². The van der Waals surface area contributed by atoms with Gasteiger partial charge in [-0.15, -0.1) is 9.38 Å². The average Bonchev–Trinajstić information content (AvgIpc) is 2.99. The highest BCUT2D eigenvalue weighted by atomic mass is 32.3. The van der Waals surface area contributed by atoms with E-state index in [1.165, 1.54) is 0 Å². The summed E-state index contributed by atoms with van der Waals surface area (Å²) in [5.74, 6) is 0. The van der Waals surface area contributed by atoms with Gasteiger partial charge in [-0.3, -0.25) is 9.23 Å². The standard InChI is InChI=1S/C11H17N5O5S/c1-2-8-5-14(13-12-8)6-9-3-4-10-7-15(9)11(17)16(10)21-22(18,19)20/h5,9-10H,2-4,6-7H2,1H3,(H,18,19,20)/t9-,10+/m0/s1. The van der Waals surface area contributed by atoms with E-state index in [4.69, 9.17) is 4.55 Å². The third-order valence-corrected chi connectivity index (χ3v) is 4.32. The number of fused-ring (bicyclic) bond motifs is 2. The lowest BCUT2D eigenvalue weighted by Gasteiger charge is -2.29. The number of aryl methyl sites for hydroxylation is 1. The quantitative estimate of drug-likeness (QED) is 0.745. The molecule has 1 aromatic heterocycles. The molecule has 1 aromatic rings. The molecule has 11 heteroatoms. The van der Waals surface area contributed by atoms with Gasteiger partial charge in [-0.1, -0.05) is 12.1 Å². The fourth-order valence-electron chi connectivity index (χ4n) is 2.91. The number of rotatable bonds is 5. The predicted octanol–water partition coefficient (Wildman–Crippen LogP) is -0.156. The highest BCUT2D eigenvalue weighted by Gasteiger charge is 2.47. The zero-order valence-electron chi connectivity index (χ0n) is 12.0. The Labute approximate surface area is 127 Å². The number of amides is 2. The summed E-state index contributed by atoms with van der Waals surface area (Å²) in [4.78, 5) is 13.8. The highest BCUT2D eigenvalue weighted by molar-refractivity contribution is 7.80. The fourth-order valence-corrected chi connectivity index (χ4v) is 3.29. The summed E-state index contributed by atoms with van der Waals surface area (Å²) in [6, 6.07) is -1.03. The van der Waals surface area contributed by atoms with Gasteiger partial charge in [0.2, 0.25) is 0 Å². The second kappa shape index (κ2) is 5.48. The molecule has 122 valence electrons. The van der Waals surface area contributed by atoms with Crippen LogP contribution < -0.4 is 0 Å². The Hall–Kier alpha value is -1.72. The van der Waals surface area contributed by atoms with Crippen LogP contribution in [-0.4, -0.2) is 62.6 Å². The normalized spacial score (nSPS) is 25.1. The molecule has 2 aliphatic heterocycles. The van der Waals surface area contributed by atoms with Gasteiger partial charge in [-0.25, -0.2) is 4.79 Å². The molecule has 1 N–H and O–H groups in total. The topological polar surface area (TPSA) is 118 Å². The molecule has 0 unspecified atom stereocenters. The van der Waals surface area contributed by atoms with E-state index in [1.54, 1.807) is 9.58 Å². The molecule has 0 saturated carbocycles. The van der Waals surface area contributed by atoms with Crippen LogP contribution in [0.25, 0.3) is 0 Å². The minimum absolute atomic E-state index is 0.106. The van der Waals surface area contributed by atoms with Gasteiger partial charge in [-0.05, 0) is 19.3 Å². The monoisotopic (exact) mass is 331 g/mol. The van der Waals surface area contributed by atoms with Gasteiger partial charge in [0, 0.05) is 12.7 Å². The van der Waals surface area contributed by atoms with Crippen molar-refractivity contribution in [2.75, 3.05) is 6.54 Å². The van der Waals surface area contributed by atoms with E-state index < -0.39 is 16.4 Å². The van der Waals surface area contributed by atoms with Crippen molar-refractivity contribution in [3.8, 4) is 0 Å². The first kappa shape index (κ1) is 15.2. The maximum atomic E-state index is 12.2.